The quantitative estimate of drug-likeness (QED) is 0.742. The molecule has 2 N–H and O–H groups in total. The average molecular weight is 242 g/mol. The molecule has 0 aromatic heterocycles. The molecule has 0 amide bonds. The van der Waals surface area contributed by atoms with Crippen LogP contribution in [-0.4, -0.2) is 48.7 Å². The lowest BCUT2D eigenvalue weighted by atomic mass is 9.85. The third-order valence-electron chi connectivity index (χ3n) is 3.55. The highest BCUT2D eigenvalue weighted by atomic mass is 16.4. The lowest BCUT2D eigenvalue weighted by Crippen LogP contribution is -2.42. The van der Waals surface area contributed by atoms with Crippen molar-refractivity contribution < 1.29 is 9.90 Å². The van der Waals surface area contributed by atoms with E-state index in [0.717, 1.165) is 38.6 Å². The van der Waals surface area contributed by atoms with Crippen LogP contribution in [0.1, 0.15) is 39.0 Å². The standard InChI is InChI=1S/C13H26N2O2/c1-10(7-8-15(2)3)14-12-6-4-5-11(9-12)13(16)17/h10-12,14H,4-9H2,1-3H3,(H,16,17). The zero-order valence-corrected chi connectivity index (χ0v) is 11.3. The number of carbonyl (C=O) groups is 1. The van der Waals surface area contributed by atoms with E-state index in [1.165, 1.54) is 0 Å². The Labute approximate surface area is 104 Å². The Morgan fingerprint density at radius 2 is 2.18 bits per heavy atom. The van der Waals surface area contributed by atoms with Crippen molar-refractivity contribution in [3.05, 3.63) is 0 Å². The smallest absolute Gasteiger partial charge is 0.306 e. The number of carboxylic acid groups (broad SMARTS) is 1. The van der Waals surface area contributed by atoms with Gasteiger partial charge in [-0.2, -0.15) is 0 Å². The molecule has 0 aromatic carbocycles. The van der Waals surface area contributed by atoms with Crippen LogP contribution < -0.4 is 5.32 Å². The van der Waals surface area contributed by atoms with E-state index in [9.17, 15) is 4.79 Å². The Balaban J connectivity index is 2.28. The first kappa shape index (κ1) is 14.5. The summed E-state index contributed by atoms with van der Waals surface area (Å²) in [5.41, 5.74) is 0. The van der Waals surface area contributed by atoms with Gasteiger partial charge in [0.1, 0.15) is 0 Å². The van der Waals surface area contributed by atoms with E-state index in [-0.39, 0.29) is 5.92 Å². The van der Waals surface area contributed by atoms with Crippen molar-refractivity contribution in [2.45, 2.75) is 51.1 Å². The molecule has 3 unspecified atom stereocenters. The number of rotatable bonds is 6. The summed E-state index contributed by atoms with van der Waals surface area (Å²) in [6.07, 6.45) is 4.91. The van der Waals surface area contributed by atoms with Gasteiger partial charge in [-0.3, -0.25) is 4.79 Å². The van der Waals surface area contributed by atoms with Crippen molar-refractivity contribution in [2.75, 3.05) is 20.6 Å². The fourth-order valence-corrected chi connectivity index (χ4v) is 2.50. The van der Waals surface area contributed by atoms with E-state index >= 15 is 0 Å². The molecule has 0 saturated heterocycles. The molecule has 4 nitrogen and oxygen atoms in total. The third kappa shape index (κ3) is 5.50. The Morgan fingerprint density at radius 3 is 2.76 bits per heavy atom. The summed E-state index contributed by atoms with van der Waals surface area (Å²) in [7, 11) is 4.15. The molecule has 100 valence electrons. The largest absolute Gasteiger partial charge is 0.481 e. The Morgan fingerprint density at radius 1 is 1.47 bits per heavy atom. The molecule has 1 fully saturated rings. The van der Waals surface area contributed by atoms with Gasteiger partial charge in [-0.05, 0) is 53.2 Å². The van der Waals surface area contributed by atoms with Crippen molar-refractivity contribution in [1.29, 1.82) is 0 Å². The van der Waals surface area contributed by atoms with Gasteiger partial charge in [0.15, 0.2) is 0 Å². The molecule has 1 saturated carbocycles. The van der Waals surface area contributed by atoms with Crippen LogP contribution in [0.3, 0.4) is 0 Å². The number of hydrogen-bond acceptors (Lipinski definition) is 3. The van der Waals surface area contributed by atoms with Crippen molar-refractivity contribution in [3.8, 4) is 0 Å². The van der Waals surface area contributed by atoms with Gasteiger partial charge in [-0.1, -0.05) is 6.42 Å². The molecular formula is C13H26N2O2. The molecule has 0 spiro atoms. The summed E-state index contributed by atoms with van der Waals surface area (Å²) in [5, 5.41) is 12.6. The monoisotopic (exact) mass is 242 g/mol. The molecule has 3 atom stereocenters. The van der Waals surface area contributed by atoms with Gasteiger partial charge < -0.3 is 15.3 Å². The van der Waals surface area contributed by atoms with Gasteiger partial charge in [0.05, 0.1) is 5.92 Å². The Hall–Kier alpha value is -0.610. The normalized spacial score (nSPS) is 27.1. The predicted octanol–water partition coefficient (Wildman–Crippen LogP) is 1.56. The van der Waals surface area contributed by atoms with Crippen LogP contribution in [0.5, 0.6) is 0 Å². The molecule has 0 heterocycles. The van der Waals surface area contributed by atoms with Crippen LogP contribution >= 0.6 is 0 Å². The lowest BCUT2D eigenvalue weighted by molar-refractivity contribution is -0.143. The summed E-state index contributed by atoms with van der Waals surface area (Å²) >= 11 is 0. The van der Waals surface area contributed by atoms with Gasteiger partial charge >= 0.3 is 5.97 Å². The van der Waals surface area contributed by atoms with Gasteiger partial charge in [0.25, 0.3) is 0 Å². The van der Waals surface area contributed by atoms with Crippen molar-refractivity contribution in [3.63, 3.8) is 0 Å². The van der Waals surface area contributed by atoms with Crippen LogP contribution in [0.4, 0.5) is 0 Å². The van der Waals surface area contributed by atoms with Crippen molar-refractivity contribution in [2.24, 2.45) is 5.92 Å². The maximum atomic E-state index is 11.0. The van der Waals surface area contributed by atoms with Gasteiger partial charge in [-0.25, -0.2) is 0 Å². The van der Waals surface area contributed by atoms with Crippen LogP contribution in [-0.2, 0) is 4.79 Å². The minimum absolute atomic E-state index is 0.137. The second-order valence-electron chi connectivity index (χ2n) is 5.56. The van der Waals surface area contributed by atoms with Gasteiger partial charge in [-0.15, -0.1) is 0 Å². The zero-order chi connectivity index (χ0) is 12.8. The number of hydrogen-bond donors (Lipinski definition) is 2. The molecule has 17 heavy (non-hydrogen) atoms. The molecule has 1 rings (SSSR count). The summed E-state index contributed by atoms with van der Waals surface area (Å²) in [5.74, 6) is -0.764. The van der Waals surface area contributed by atoms with E-state index in [4.69, 9.17) is 5.11 Å². The number of nitrogens with zero attached hydrogens (tertiary/aromatic N) is 1. The van der Waals surface area contributed by atoms with Gasteiger partial charge in [0, 0.05) is 12.1 Å². The second-order valence-corrected chi connectivity index (χ2v) is 5.56. The average Bonchev–Trinajstić information content (AvgIpc) is 2.26. The van der Waals surface area contributed by atoms with E-state index in [2.05, 4.69) is 31.2 Å². The minimum Gasteiger partial charge on any atom is -0.481 e. The maximum Gasteiger partial charge on any atom is 0.306 e. The molecule has 0 bridgehead atoms. The first-order chi connectivity index (χ1) is 7.99. The van der Waals surface area contributed by atoms with Crippen LogP contribution in [0.2, 0.25) is 0 Å². The Bertz CT molecular complexity index is 244. The topological polar surface area (TPSA) is 52.6 Å². The number of carboxylic acids is 1. The highest BCUT2D eigenvalue weighted by Crippen LogP contribution is 2.24. The summed E-state index contributed by atoms with van der Waals surface area (Å²) in [4.78, 5) is 13.1. The van der Waals surface area contributed by atoms with Gasteiger partial charge in [0.2, 0.25) is 0 Å². The summed E-state index contributed by atoms with van der Waals surface area (Å²) < 4.78 is 0. The summed E-state index contributed by atoms with van der Waals surface area (Å²) in [6, 6.07) is 0.858. The highest BCUT2D eigenvalue weighted by Gasteiger charge is 2.27. The van der Waals surface area contributed by atoms with E-state index in [1.807, 2.05) is 0 Å². The molecule has 1 aliphatic carbocycles. The van der Waals surface area contributed by atoms with Crippen LogP contribution in [0.15, 0.2) is 0 Å². The molecule has 0 radical (unpaired) electrons. The first-order valence-electron chi connectivity index (χ1n) is 6.62. The van der Waals surface area contributed by atoms with E-state index < -0.39 is 5.97 Å². The maximum absolute atomic E-state index is 11.0. The highest BCUT2D eigenvalue weighted by molar-refractivity contribution is 5.70. The SMILES string of the molecule is CC(CCN(C)C)NC1CCCC(C(=O)O)C1. The summed E-state index contributed by atoms with van der Waals surface area (Å²) in [6.45, 7) is 3.26. The van der Waals surface area contributed by atoms with Crippen LogP contribution in [0, 0.1) is 5.92 Å². The second kappa shape index (κ2) is 6.97. The number of nitrogens with one attached hydrogen (secondary N) is 1. The Kier molecular flexibility index (Phi) is 5.92. The molecule has 1 aliphatic rings. The zero-order valence-electron chi connectivity index (χ0n) is 11.3. The molecule has 0 aromatic rings. The van der Waals surface area contributed by atoms with Crippen LogP contribution in [0.25, 0.3) is 0 Å². The van der Waals surface area contributed by atoms with E-state index in [0.29, 0.717) is 12.1 Å². The lowest BCUT2D eigenvalue weighted by Gasteiger charge is -2.30. The van der Waals surface area contributed by atoms with Crippen molar-refractivity contribution >= 4 is 5.97 Å². The molecular weight excluding hydrogens is 216 g/mol. The minimum atomic E-state index is -0.627. The predicted molar refractivity (Wildman–Crippen MR) is 69.2 cm³/mol. The molecule has 4 heteroatoms. The third-order valence-corrected chi connectivity index (χ3v) is 3.55. The first-order valence-corrected chi connectivity index (χ1v) is 6.62. The fourth-order valence-electron chi connectivity index (χ4n) is 2.50. The van der Waals surface area contributed by atoms with Crippen molar-refractivity contribution in [1.82, 2.24) is 10.2 Å². The van der Waals surface area contributed by atoms with E-state index in [1.54, 1.807) is 0 Å². The number of aliphatic carboxylic acids is 1. The fraction of sp³-hybridized carbons (Fsp3) is 0.923. The molecule has 0 aliphatic heterocycles.